The molecule has 0 bridgehead atoms. The van der Waals surface area contributed by atoms with Crippen molar-refractivity contribution in [1.29, 1.82) is 0 Å². The molecule has 22 heavy (non-hydrogen) atoms. The van der Waals surface area contributed by atoms with Crippen molar-refractivity contribution in [3.05, 3.63) is 0 Å². The standard InChI is InChI=1S/C16H31N3O2.HI/c1-6-17-16(18-9-7-8-12(2)3)19-10-13(4)14(11-19)15(20)21-5;/h12-14H,6-11H2,1-5H3,(H,17,18);1H. The van der Waals surface area contributed by atoms with Gasteiger partial charge in [-0.15, -0.1) is 24.0 Å². The number of guanidine groups is 1. The quantitative estimate of drug-likeness (QED) is 0.234. The number of carbonyl (C=O) groups is 1. The zero-order valence-electron chi connectivity index (χ0n) is 14.6. The van der Waals surface area contributed by atoms with Crippen molar-refractivity contribution < 1.29 is 9.53 Å². The second-order valence-electron chi connectivity index (χ2n) is 6.28. The highest BCUT2D eigenvalue weighted by molar-refractivity contribution is 14.0. The number of nitrogens with zero attached hydrogens (tertiary/aromatic N) is 2. The number of rotatable bonds is 6. The van der Waals surface area contributed by atoms with Crippen LogP contribution >= 0.6 is 24.0 Å². The predicted octanol–water partition coefficient (Wildman–Crippen LogP) is 2.75. The molecule has 6 heteroatoms. The van der Waals surface area contributed by atoms with E-state index in [0.717, 1.165) is 37.9 Å². The first-order valence-corrected chi connectivity index (χ1v) is 8.10. The molecule has 1 aliphatic heterocycles. The van der Waals surface area contributed by atoms with Crippen LogP contribution < -0.4 is 5.32 Å². The summed E-state index contributed by atoms with van der Waals surface area (Å²) >= 11 is 0. The maximum atomic E-state index is 11.8. The Morgan fingerprint density at radius 1 is 1.41 bits per heavy atom. The van der Waals surface area contributed by atoms with Crippen molar-refractivity contribution in [3.8, 4) is 0 Å². The Morgan fingerprint density at radius 3 is 2.64 bits per heavy atom. The molecule has 5 nitrogen and oxygen atoms in total. The molecule has 1 rings (SSSR count). The van der Waals surface area contributed by atoms with Gasteiger partial charge < -0.3 is 15.0 Å². The van der Waals surface area contributed by atoms with Gasteiger partial charge in [-0.1, -0.05) is 20.8 Å². The van der Waals surface area contributed by atoms with Crippen molar-refractivity contribution in [2.45, 2.75) is 40.5 Å². The number of hydrogen-bond donors (Lipinski definition) is 1. The van der Waals surface area contributed by atoms with Crippen LogP contribution in [-0.2, 0) is 9.53 Å². The Hall–Kier alpha value is -0.530. The number of esters is 1. The van der Waals surface area contributed by atoms with Crippen LogP contribution in [0.15, 0.2) is 4.99 Å². The van der Waals surface area contributed by atoms with Gasteiger partial charge in [-0.3, -0.25) is 9.79 Å². The minimum Gasteiger partial charge on any atom is -0.469 e. The Bertz CT molecular complexity index is 361. The van der Waals surface area contributed by atoms with Gasteiger partial charge in [0.05, 0.1) is 13.0 Å². The third kappa shape index (κ3) is 6.71. The summed E-state index contributed by atoms with van der Waals surface area (Å²) in [5.74, 6) is 1.80. The van der Waals surface area contributed by atoms with Crippen LogP contribution in [0.5, 0.6) is 0 Å². The van der Waals surface area contributed by atoms with Crippen LogP contribution in [0.25, 0.3) is 0 Å². The van der Waals surface area contributed by atoms with E-state index in [0.29, 0.717) is 12.5 Å². The Kier molecular flexibility index (Phi) is 10.8. The third-order valence-electron chi connectivity index (χ3n) is 3.95. The number of methoxy groups -OCH3 is 1. The highest BCUT2D eigenvalue weighted by Crippen LogP contribution is 2.24. The summed E-state index contributed by atoms with van der Waals surface area (Å²) < 4.78 is 4.89. The molecule has 1 aliphatic rings. The van der Waals surface area contributed by atoms with Gasteiger partial charge in [0.25, 0.3) is 0 Å². The molecule has 1 heterocycles. The SMILES string of the molecule is CCNC(=NCCCC(C)C)N1CC(C)C(C(=O)OC)C1.I. The lowest BCUT2D eigenvalue weighted by Crippen LogP contribution is -2.40. The molecule has 1 saturated heterocycles. The summed E-state index contributed by atoms with van der Waals surface area (Å²) in [6.07, 6.45) is 2.31. The fourth-order valence-electron chi connectivity index (χ4n) is 2.71. The number of hydrogen-bond acceptors (Lipinski definition) is 3. The molecule has 130 valence electrons. The smallest absolute Gasteiger partial charge is 0.310 e. The number of ether oxygens (including phenoxy) is 1. The summed E-state index contributed by atoms with van der Waals surface area (Å²) in [6, 6.07) is 0. The van der Waals surface area contributed by atoms with E-state index in [4.69, 9.17) is 9.73 Å². The zero-order valence-corrected chi connectivity index (χ0v) is 16.9. The summed E-state index contributed by atoms with van der Waals surface area (Å²) in [7, 11) is 1.46. The van der Waals surface area contributed by atoms with Gasteiger partial charge >= 0.3 is 5.97 Å². The molecule has 0 saturated carbocycles. The number of halogens is 1. The van der Waals surface area contributed by atoms with Crippen LogP contribution in [0.1, 0.15) is 40.5 Å². The lowest BCUT2D eigenvalue weighted by Gasteiger charge is -2.21. The maximum absolute atomic E-state index is 11.8. The molecular weight excluding hydrogens is 393 g/mol. The van der Waals surface area contributed by atoms with Gasteiger partial charge in [-0.05, 0) is 31.6 Å². The van der Waals surface area contributed by atoms with Crippen LogP contribution in [0.4, 0.5) is 0 Å². The van der Waals surface area contributed by atoms with E-state index in [1.807, 2.05) is 0 Å². The summed E-state index contributed by atoms with van der Waals surface area (Å²) in [5.41, 5.74) is 0. The number of likely N-dealkylation sites (tertiary alicyclic amines) is 1. The molecule has 0 spiro atoms. The van der Waals surface area contributed by atoms with Crippen molar-refractivity contribution >= 4 is 35.9 Å². The lowest BCUT2D eigenvalue weighted by atomic mass is 9.99. The van der Waals surface area contributed by atoms with E-state index in [1.54, 1.807) is 0 Å². The maximum Gasteiger partial charge on any atom is 0.310 e. The molecule has 0 aromatic heterocycles. The average molecular weight is 425 g/mol. The first-order chi connectivity index (χ1) is 9.99. The molecule has 1 N–H and O–H groups in total. The first-order valence-electron chi connectivity index (χ1n) is 8.10. The largest absolute Gasteiger partial charge is 0.469 e. The topological polar surface area (TPSA) is 53.9 Å². The first kappa shape index (κ1) is 21.5. The third-order valence-corrected chi connectivity index (χ3v) is 3.95. The van der Waals surface area contributed by atoms with Crippen molar-refractivity contribution in [2.24, 2.45) is 22.7 Å². The molecule has 2 unspecified atom stereocenters. The molecule has 0 aromatic carbocycles. The second kappa shape index (κ2) is 11.1. The van der Waals surface area contributed by atoms with Crippen LogP contribution in [0.3, 0.4) is 0 Å². The summed E-state index contributed by atoms with van der Waals surface area (Å²) in [5, 5.41) is 3.33. The van der Waals surface area contributed by atoms with E-state index in [-0.39, 0.29) is 35.9 Å². The fraction of sp³-hybridized carbons (Fsp3) is 0.875. The summed E-state index contributed by atoms with van der Waals surface area (Å²) in [6.45, 7) is 11.9. The Balaban J connectivity index is 0.00000441. The van der Waals surface area contributed by atoms with E-state index in [9.17, 15) is 4.79 Å². The molecule has 0 amide bonds. The van der Waals surface area contributed by atoms with Crippen LogP contribution in [-0.4, -0.2) is 50.1 Å². The van der Waals surface area contributed by atoms with Crippen molar-refractivity contribution in [3.63, 3.8) is 0 Å². The van der Waals surface area contributed by atoms with Gasteiger partial charge in [0, 0.05) is 26.2 Å². The molecule has 0 aromatic rings. The Labute approximate surface area is 152 Å². The number of carbonyl (C=O) groups excluding carboxylic acids is 1. The number of nitrogens with one attached hydrogen (secondary N) is 1. The van der Waals surface area contributed by atoms with Gasteiger partial charge in [0.1, 0.15) is 0 Å². The molecule has 0 aliphatic carbocycles. The molecule has 2 atom stereocenters. The van der Waals surface area contributed by atoms with E-state index >= 15 is 0 Å². The van der Waals surface area contributed by atoms with E-state index in [2.05, 4.69) is 37.9 Å². The minimum absolute atomic E-state index is 0. The normalized spacial score (nSPS) is 21.7. The predicted molar refractivity (Wildman–Crippen MR) is 102 cm³/mol. The Morgan fingerprint density at radius 2 is 2.09 bits per heavy atom. The lowest BCUT2D eigenvalue weighted by molar-refractivity contribution is -0.145. The van der Waals surface area contributed by atoms with Gasteiger partial charge in [0.2, 0.25) is 0 Å². The van der Waals surface area contributed by atoms with Crippen molar-refractivity contribution in [1.82, 2.24) is 10.2 Å². The second-order valence-corrected chi connectivity index (χ2v) is 6.28. The monoisotopic (exact) mass is 425 g/mol. The van der Waals surface area contributed by atoms with Crippen LogP contribution in [0, 0.1) is 17.8 Å². The fourth-order valence-corrected chi connectivity index (χ4v) is 2.71. The van der Waals surface area contributed by atoms with Crippen molar-refractivity contribution in [2.75, 3.05) is 33.3 Å². The highest BCUT2D eigenvalue weighted by Gasteiger charge is 2.36. The molecular formula is C16H32IN3O2. The van der Waals surface area contributed by atoms with Gasteiger partial charge in [-0.2, -0.15) is 0 Å². The van der Waals surface area contributed by atoms with E-state index in [1.165, 1.54) is 13.5 Å². The van der Waals surface area contributed by atoms with Gasteiger partial charge in [-0.25, -0.2) is 0 Å². The van der Waals surface area contributed by atoms with Crippen LogP contribution in [0.2, 0.25) is 0 Å². The number of aliphatic imine (C=N–C) groups is 1. The molecule has 1 fully saturated rings. The summed E-state index contributed by atoms with van der Waals surface area (Å²) in [4.78, 5) is 18.7. The van der Waals surface area contributed by atoms with E-state index < -0.39 is 0 Å². The highest BCUT2D eigenvalue weighted by atomic mass is 127. The van der Waals surface area contributed by atoms with Gasteiger partial charge in [0.15, 0.2) is 5.96 Å². The molecule has 0 radical (unpaired) electrons. The average Bonchev–Trinajstić information content (AvgIpc) is 2.83. The minimum atomic E-state index is -0.111. The zero-order chi connectivity index (χ0) is 15.8.